The lowest BCUT2D eigenvalue weighted by atomic mass is 10.1. The number of hydrogen-bond donors (Lipinski definition) is 1. The Morgan fingerprint density at radius 2 is 2.07 bits per heavy atom. The largest absolute Gasteiger partial charge is 0.330 e. The zero-order valence-corrected chi connectivity index (χ0v) is 9.58. The van der Waals surface area contributed by atoms with Crippen LogP contribution < -0.4 is 5.73 Å². The summed E-state index contributed by atoms with van der Waals surface area (Å²) in [6.45, 7) is 6.87. The molecule has 2 heteroatoms. The van der Waals surface area contributed by atoms with Crippen molar-refractivity contribution < 1.29 is 0 Å². The fraction of sp³-hybridized carbons (Fsp3) is 1.00. The van der Waals surface area contributed by atoms with Crippen LogP contribution in [0.15, 0.2) is 0 Å². The lowest BCUT2D eigenvalue weighted by Crippen LogP contribution is -2.36. The Bertz CT molecular complexity index is 189. The van der Waals surface area contributed by atoms with Crippen LogP contribution >= 0.6 is 0 Å². The van der Waals surface area contributed by atoms with Gasteiger partial charge in [0.05, 0.1) is 0 Å². The maximum Gasteiger partial charge on any atom is 0.00734 e. The lowest BCUT2D eigenvalue weighted by Gasteiger charge is -2.28. The summed E-state index contributed by atoms with van der Waals surface area (Å²) in [5, 5.41) is 0. The maximum absolute atomic E-state index is 5.75. The molecular weight excluding hydrogens is 172 g/mol. The van der Waals surface area contributed by atoms with Crippen molar-refractivity contribution in [1.29, 1.82) is 0 Å². The van der Waals surface area contributed by atoms with Gasteiger partial charge in [-0.25, -0.2) is 0 Å². The Kier molecular flexibility index (Phi) is 3.13. The Balaban J connectivity index is 1.83. The summed E-state index contributed by atoms with van der Waals surface area (Å²) in [5.41, 5.74) is 5.75. The van der Waals surface area contributed by atoms with E-state index in [0.29, 0.717) is 0 Å². The van der Waals surface area contributed by atoms with E-state index in [2.05, 4.69) is 18.7 Å². The van der Waals surface area contributed by atoms with Gasteiger partial charge in [0.15, 0.2) is 0 Å². The fourth-order valence-corrected chi connectivity index (χ4v) is 2.93. The molecule has 0 amide bonds. The first-order valence-electron chi connectivity index (χ1n) is 6.16. The molecule has 2 N–H and O–H groups in total. The van der Waals surface area contributed by atoms with Crippen molar-refractivity contribution in [3.05, 3.63) is 0 Å². The highest BCUT2D eigenvalue weighted by atomic mass is 15.2. The summed E-state index contributed by atoms with van der Waals surface area (Å²) in [5.74, 6) is 1.81. The van der Waals surface area contributed by atoms with E-state index in [9.17, 15) is 0 Å². The molecule has 3 atom stereocenters. The number of nitrogens with two attached hydrogens (primary N) is 1. The van der Waals surface area contributed by atoms with Crippen molar-refractivity contribution in [2.75, 3.05) is 13.1 Å². The second-order valence-electron chi connectivity index (χ2n) is 5.41. The monoisotopic (exact) mass is 196 g/mol. The van der Waals surface area contributed by atoms with Crippen molar-refractivity contribution in [3.63, 3.8) is 0 Å². The molecule has 2 rings (SSSR count). The molecule has 0 spiro atoms. The van der Waals surface area contributed by atoms with Crippen LogP contribution in [0.3, 0.4) is 0 Å². The van der Waals surface area contributed by atoms with Gasteiger partial charge in [0.2, 0.25) is 0 Å². The van der Waals surface area contributed by atoms with Crippen LogP contribution in [-0.2, 0) is 0 Å². The summed E-state index contributed by atoms with van der Waals surface area (Å²) in [6, 6.07) is 1.55. The summed E-state index contributed by atoms with van der Waals surface area (Å²) in [7, 11) is 0. The first-order valence-corrected chi connectivity index (χ1v) is 6.16. The minimum absolute atomic E-state index is 0.756. The minimum atomic E-state index is 0.756. The van der Waals surface area contributed by atoms with Gasteiger partial charge >= 0.3 is 0 Å². The molecule has 0 radical (unpaired) electrons. The van der Waals surface area contributed by atoms with Crippen LogP contribution in [0.4, 0.5) is 0 Å². The minimum Gasteiger partial charge on any atom is -0.330 e. The highest BCUT2D eigenvalue weighted by Gasteiger charge is 2.33. The molecule has 1 heterocycles. The summed E-state index contributed by atoms with van der Waals surface area (Å²) >= 11 is 0. The van der Waals surface area contributed by atoms with E-state index in [0.717, 1.165) is 30.5 Å². The zero-order chi connectivity index (χ0) is 10.1. The number of nitrogens with zero attached hydrogens (tertiary/aromatic N) is 1. The Labute approximate surface area is 87.8 Å². The van der Waals surface area contributed by atoms with Crippen LogP contribution in [0.5, 0.6) is 0 Å². The third kappa shape index (κ3) is 2.29. The Morgan fingerprint density at radius 3 is 2.57 bits per heavy atom. The van der Waals surface area contributed by atoms with Gasteiger partial charge in [-0.3, -0.25) is 4.90 Å². The van der Waals surface area contributed by atoms with Crippen molar-refractivity contribution in [2.45, 2.75) is 51.6 Å². The fourth-order valence-electron chi connectivity index (χ4n) is 2.93. The molecule has 2 nitrogen and oxygen atoms in total. The van der Waals surface area contributed by atoms with E-state index in [-0.39, 0.29) is 0 Å². The van der Waals surface area contributed by atoms with Crippen LogP contribution in [-0.4, -0.2) is 30.1 Å². The summed E-state index contributed by atoms with van der Waals surface area (Å²) in [4.78, 5) is 2.68. The topological polar surface area (TPSA) is 29.3 Å². The predicted octanol–water partition coefficient (Wildman–Crippen LogP) is 1.84. The molecule has 0 aromatic heterocycles. The molecular formula is C12H24N2. The second kappa shape index (κ2) is 4.19. The normalized spacial score (nSPS) is 36.2. The molecule has 1 saturated heterocycles. The molecule has 1 saturated carbocycles. The average molecular weight is 196 g/mol. The SMILES string of the molecule is CC(CC1CC1)N1CC(CN)CC1C. The first kappa shape index (κ1) is 10.4. The van der Waals surface area contributed by atoms with Gasteiger partial charge in [0, 0.05) is 18.6 Å². The maximum atomic E-state index is 5.75. The molecule has 0 aromatic carbocycles. The van der Waals surface area contributed by atoms with Crippen molar-refractivity contribution >= 4 is 0 Å². The van der Waals surface area contributed by atoms with Gasteiger partial charge in [-0.05, 0) is 45.1 Å². The average Bonchev–Trinajstić information content (AvgIpc) is 2.87. The standard InChI is InChI=1S/C12H24N2/c1-9(5-11-3-4-11)14-8-12(7-13)6-10(14)2/h9-12H,3-8,13H2,1-2H3. The molecule has 0 aromatic rings. The van der Waals surface area contributed by atoms with E-state index >= 15 is 0 Å². The molecule has 1 aliphatic heterocycles. The number of likely N-dealkylation sites (tertiary alicyclic amines) is 1. The third-order valence-electron chi connectivity index (χ3n) is 3.98. The van der Waals surface area contributed by atoms with Crippen molar-refractivity contribution in [2.24, 2.45) is 17.6 Å². The molecule has 2 aliphatic rings. The van der Waals surface area contributed by atoms with Gasteiger partial charge in [-0.1, -0.05) is 12.8 Å². The molecule has 82 valence electrons. The van der Waals surface area contributed by atoms with E-state index in [4.69, 9.17) is 5.73 Å². The quantitative estimate of drug-likeness (QED) is 0.743. The summed E-state index contributed by atoms with van der Waals surface area (Å²) < 4.78 is 0. The Hall–Kier alpha value is -0.0800. The predicted molar refractivity (Wildman–Crippen MR) is 60.1 cm³/mol. The molecule has 3 unspecified atom stereocenters. The van der Waals surface area contributed by atoms with E-state index in [1.165, 1.54) is 32.2 Å². The second-order valence-corrected chi connectivity index (χ2v) is 5.41. The smallest absolute Gasteiger partial charge is 0.00734 e. The molecule has 2 fully saturated rings. The third-order valence-corrected chi connectivity index (χ3v) is 3.98. The number of rotatable bonds is 4. The van der Waals surface area contributed by atoms with E-state index < -0.39 is 0 Å². The van der Waals surface area contributed by atoms with Crippen molar-refractivity contribution in [3.8, 4) is 0 Å². The lowest BCUT2D eigenvalue weighted by molar-refractivity contribution is 0.184. The molecule has 14 heavy (non-hydrogen) atoms. The van der Waals surface area contributed by atoms with Gasteiger partial charge in [0.1, 0.15) is 0 Å². The van der Waals surface area contributed by atoms with Crippen LogP contribution in [0.1, 0.15) is 39.5 Å². The Morgan fingerprint density at radius 1 is 1.36 bits per heavy atom. The van der Waals surface area contributed by atoms with E-state index in [1.807, 2.05) is 0 Å². The molecule has 0 bridgehead atoms. The van der Waals surface area contributed by atoms with Crippen LogP contribution in [0.2, 0.25) is 0 Å². The highest BCUT2D eigenvalue weighted by molar-refractivity contribution is 4.88. The number of hydrogen-bond acceptors (Lipinski definition) is 2. The van der Waals surface area contributed by atoms with Crippen molar-refractivity contribution in [1.82, 2.24) is 4.90 Å². The summed E-state index contributed by atoms with van der Waals surface area (Å²) in [6.07, 6.45) is 5.69. The highest BCUT2D eigenvalue weighted by Crippen LogP contribution is 2.36. The van der Waals surface area contributed by atoms with Crippen LogP contribution in [0.25, 0.3) is 0 Å². The van der Waals surface area contributed by atoms with Crippen LogP contribution in [0, 0.1) is 11.8 Å². The van der Waals surface area contributed by atoms with E-state index in [1.54, 1.807) is 0 Å². The first-order chi connectivity index (χ1) is 6.70. The van der Waals surface area contributed by atoms with Gasteiger partial charge in [-0.15, -0.1) is 0 Å². The van der Waals surface area contributed by atoms with Gasteiger partial charge in [0.25, 0.3) is 0 Å². The van der Waals surface area contributed by atoms with Gasteiger partial charge in [-0.2, -0.15) is 0 Å². The van der Waals surface area contributed by atoms with Gasteiger partial charge < -0.3 is 5.73 Å². The zero-order valence-electron chi connectivity index (χ0n) is 9.58. The molecule has 1 aliphatic carbocycles.